The van der Waals surface area contributed by atoms with Gasteiger partial charge in [-0.15, -0.1) is 0 Å². The SMILES string of the molecule is CNCCC=Cc1cccc(OC)n1. The van der Waals surface area contributed by atoms with Crippen molar-refractivity contribution in [2.45, 2.75) is 6.42 Å². The largest absolute Gasteiger partial charge is 0.481 e. The molecule has 0 aliphatic carbocycles. The van der Waals surface area contributed by atoms with E-state index in [-0.39, 0.29) is 0 Å². The molecule has 1 aromatic heterocycles. The number of aromatic nitrogens is 1. The quantitative estimate of drug-likeness (QED) is 0.721. The van der Waals surface area contributed by atoms with Crippen LogP contribution in [0.25, 0.3) is 6.08 Å². The zero-order valence-corrected chi connectivity index (χ0v) is 8.66. The molecule has 1 heterocycles. The average molecular weight is 192 g/mol. The summed E-state index contributed by atoms with van der Waals surface area (Å²) in [6.45, 7) is 0.987. The summed E-state index contributed by atoms with van der Waals surface area (Å²) in [7, 11) is 3.56. The van der Waals surface area contributed by atoms with Crippen LogP contribution in [0.15, 0.2) is 24.3 Å². The van der Waals surface area contributed by atoms with Gasteiger partial charge < -0.3 is 10.1 Å². The van der Waals surface area contributed by atoms with E-state index in [0.717, 1.165) is 18.7 Å². The molecule has 76 valence electrons. The lowest BCUT2D eigenvalue weighted by atomic mass is 10.3. The van der Waals surface area contributed by atoms with Crippen molar-refractivity contribution in [3.63, 3.8) is 0 Å². The number of hydrogen-bond donors (Lipinski definition) is 1. The van der Waals surface area contributed by atoms with Gasteiger partial charge in [-0.1, -0.05) is 12.1 Å². The zero-order chi connectivity index (χ0) is 10.2. The Labute approximate surface area is 84.8 Å². The molecule has 1 rings (SSSR count). The van der Waals surface area contributed by atoms with Gasteiger partial charge >= 0.3 is 0 Å². The van der Waals surface area contributed by atoms with E-state index in [2.05, 4.69) is 16.4 Å². The van der Waals surface area contributed by atoms with Crippen molar-refractivity contribution in [1.82, 2.24) is 10.3 Å². The molecule has 0 aliphatic rings. The zero-order valence-electron chi connectivity index (χ0n) is 8.66. The van der Waals surface area contributed by atoms with Gasteiger partial charge in [0.25, 0.3) is 0 Å². The monoisotopic (exact) mass is 192 g/mol. The lowest BCUT2D eigenvalue weighted by Crippen LogP contribution is -2.05. The summed E-state index contributed by atoms with van der Waals surface area (Å²) in [5.41, 5.74) is 0.931. The number of nitrogens with zero attached hydrogens (tertiary/aromatic N) is 1. The third kappa shape index (κ3) is 3.58. The number of rotatable bonds is 5. The van der Waals surface area contributed by atoms with E-state index in [1.165, 1.54) is 0 Å². The molecule has 0 saturated heterocycles. The molecule has 3 nitrogen and oxygen atoms in total. The Kier molecular flexibility index (Phi) is 4.72. The van der Waals surface area contributed by atoms with Crippen LogP contribution in [-0.2, 0) is 0 Å². The van der Waals surface area contributed by atoms with Gasteiger partial charge in [-0.3, -0.25) is 0 Å². The Morgan fingerprint density at radius 1 is 1.50 bits per heavy atom. The molecule has 0 bridgehead atoms. The summed E-state index contributed by atoms with van der Waals surface area (Å²) >= 11 is 0. The molecule has 0 aliphatic heterocycles. The first-order valence-electron chi connectivity index (χ1n) is 4.69. The van der Waals surface area contributed by atoms with Crippen LogP contribution in [0.3, 0.4) is 0 Å². The first-order valence-corrected chi connectivity index (χ1v) is 4.69. The Hall–Kier alpha value is -1.35. The summed E-state index contributed by atoms with van der Waals surface area (Å²) in [5.74, 6) is 0.653. The predicted molar refractivity (Wildman–Crippen MR) is 58.4 cm³/mol. The molecule has 0 unspecified atom stereocenters. The van der Waals surface area contributed by atoms with Crippen LogP contribution in [0.2, 0.25) is 0 Å². The fourth-order valence-corrected chi connectivity index (χ4v) is 1.07. The minimum Gasteiger partial charge on any atom is -0.481 e. The third-order valence-electron chi connectivity index (χ3n) is 1.80. The molecule has 0 saturated carbocycles. The molecule has 0 aromatic carbocycles. The molecular weight excluding hydrogens is 176 g/mol. The van der Waals surface area contributed by atoms with Crippen molar-refractivity contribution in [1.29, 1.82) is 0 Å². The van der Waals surface area contributed by atoms with E-state index in [1.807, 2.05) is 31.3 Å². The van der Waals surface area contributed by atoms with Gasteiger partial charge in [0.15, 0.2) is 0 Å². The Morgan fingerprint density at radius 3 is 3.07 bits per heavy atom. The highest BCUT2D eigenvalue weighted by Gasteiger charge is 1.92. The second kappa shape index (κ2) is 6.16. The van der Waals surface area contributed by atoms with Gasteiger partial charge in [0.2, 0.25) is 5.88 Å². The second-order valence-corrected chi connectivity index (χ2v) is 2.90. The highest BCUT2D eigenvalue weighted by Crippen LogP contribution is 2.07. The summed E-state index contributed by atoms with van der Waals surface area (Å²) in [6.07, 6.45) is 5.10. The smallest absolute Gasteiger partial charge is 0.213 e. The normalized spacial score (nSPS) is 10.7. The van der Waals surface area contributed by atoms with Crippen molar-refractivity contribution >= 4 is 6.08 Å². The summed E-state index contributed by atoms with van der Waals surface area (Å²) in [4.78, 5) is 4.26. The summed E-state index contributed by atoms with van der Waals surface area (Å²) in [6, 6.07) is 5.73. The standard InChI is InChI=1S/C11H16N2O/c1-12-9-4-3-6-10-7-5-8-11(13-10)14-2/h3,5-8,12H,4,9H2,1-2H3. The Balaban J connectivity index is 2.53. The fourth-order valence-electron chi connectivity index (χ4n) is 1.07. The van der Waals surface area contributed by atoms with Crippen LogP contribution in [-0.4, -0.2) is 25.7 Å². The Morgan fingerprint density at radius 2 is 2.36 bits per heavy atom. The first-order chi connectivity index (χ1) is 6.86. The fraction of sp³-hybridized carbons (Fsp3) is 0.364. The van der Waals surface area contributed by atoms with Crippen LogP contribution >= 0.6 is 0 Å². The molecule has 14 heavy (non-hydrogen) atoms. The molecule has 1 N–H and O–H groups in total. The maximum atomic E-state index is 5.02. The maximum absolute atomic E-state index is 5.02. The van der Waals surface area contributed by atoms with E-state index in [9.17, 15) is 0 Å². The molecule has 0 radical (unpaired) electrons. The van der Waals surface area contributed by atoms with E-state index in [0.29, 0.717) is 5.88 Å². The minimum atomic E-state index is 0.653. The molecule has 0 amide bonds. The minimum absolute atomic E-state index is 0.653. The van der Waals surface area contributed by atoms with Gasteiger partial charge in [0.05, 0.1) is 12.8 Å². The second-order valence-electron chi connectivity index (χ2n) is 2.90. The van der Waals surface area contributed by atoms with E-state index >= 15 is 0 Å². The van der Waals surface area contributed by atoms with Crippen molar-refractivity contribution in [2.24, 2.45) is 0 Å². The highest BCUT2D eigenvalue weighted by atomic mass is 16.5. The van der Waals surface area contributed by atoms with E-state index < -0.39 is 0 Å². The van der Waals surface area contributed by atoms with Crippen molar-refractivity contribution in [3.8, 4) is 5.88 Å². The number of ether oxygens (including phenoxy) is 1. The van der Waals surface area contributed by atoms with Gasteiger partial charge in [-0.2, -0.15) is 0 Å². The van der Waals surface area contributed by atoms with Crippen LogP contribution in [0, 0.1) is 0 Å². The van der Waals surface area contributed by atoms with E-state index in [1.54, 1.807) is 7.11 Å². The molecule has 3 heteroatoms. The third-order valence-corrected chi connectivity index (χ3v) is 1.80. The Bertz CT molecular complexity index is 297. The van der Waals surface area contributed by atoms with Crippen LogP contribution in [0.4, 0.5) is 0 Å². The molecule has 0 spiro atoms. The number of nitrogens with one attached hydrogen (secondary N) is 1. The molecule has 0 atom stereocenters. The van der Waals surface area contributed by atoms with Gasteiger partial charge in [-0.25, -0.2) is 4.98 Å². The van der Waals surface area contributed by atoms with Crippen molar-refractivity contribution in [3.05, 3.63) is 30.0 Å². The molecule has 0 fully saturated rings. The van der Waals surface area contributed by atoms with Crippen molar-refractivity contribution in [2.75, 3.05) is 20.7 Å². The molecule has 1 aromatic rings. The molecular formula is C11H16N2O. The summed E-state index contributed by atoms with van der Waals surface area (Å²) in [5, 5.41) is 3.08. The van der Waals surface area contributed by atoms with Crippen molar-refractivity contribution < 1.29 is 4.74 Å². The van der Waals surface area contributed by atoms with Crippen LogP contribution in [0.1, 0.15) is 12.1 Å². The average Bonchev–Trinajstić information content (AvgIpc) is 2.25. The summed E-state index contributed by atoms with van der Waals surface area (Å²) < 4.78 is 5.02. The topological polar surface area (TPSA) is 34.1 Å². The van der Waals surface area contributed by atoms with Gasteiger partial charge in [0, 0.05) is 6.07 Å². The van der Waals surface area contributed by atoms with Crippen LogP contribution < -0.4 is 10.1 Å². The predicted octanol–water partition coefficient (Wildman–Crippen LogP) is 1.71. The first kappa shape index (κ1) is 10.7. The highest BCUT2D eigenvalue weighted by molar-refractivity contribution is 5.45. The van der Waals surface area contributed by atoms with Crippen LogP contribution in [0.5, 0.6) is 5.88 Å². The van der Waals surface area contributed by atoms with Gasteiger partial charge in [0.1, 0.15) is 0 Å². The number of hydrogen-bond acceptors (Lipinski definition) is 3. The van der Waals surface area contributed by atoms with E-state index in [4.69, 9.17) is 4.74 Å². The maximum Gasteiger partial charge on any atom is 0.213 e. The number of methoxy groups -OCH3 is 1. The lowest BCUT2D eigenvalue weighted by molar-refractivity contribution is 0.397. The van der Waals surface area contributed by atoms with Gasteiger partial charge in [-0.05, 0) is 32.2 Å². The lowest BCUT2D eigenvalue weighted by Gasteiger charge is -1.98. The number of pyridine rings is 1.